The van der Waals surface area contributed by atoms with E-state index in [-0.39, 0.29) is 5.91 Å². The van der Waals surface area contributed by atoms with Crippen molar-refractivity contribution in [2.45, 2.75) is 38.6 Å². The molecule has 0 bridgehead atoms. The average molecular weight is 396 g/mol. The van der Waals surface area contributed by atoms with Crippen LogP contribution in [0.3, 0.4) is 0 Å². The molecule has 2 aromatic rings. The number of nitrogens with two attached hydrogens (primary N) is 1. The highest BCUT2D eigenvalue weighted by Crippen LogP contribution is 2.54. The van der Waals surface area contributed by atoms with Crippen molar-refractivity contribution in [2.24, 2.45) is 11.7 Å². The van der Waals surface area contributed by atoms with Gasteiger partial charge in [0.25, 0.3) is 0 Å². The zero-order valence-corrected chi connectivity index (χ0v) is 17.8. The van der Waals surface area contributed by atoms with Gasteiger partial charge in [-0.05, 0) is 43.2 Å². The fourth-order valence-electron chi connectivity index (χ4n) is 5.03. The number of carbonyl (C=O) groups is 2. The molecule has 0 aromatic heterocycles. The van der Waals surface area contributed by atoms with Crippen molar-refractivity contribution in [3.63, 3.8) is 0 Å². The van der Waals surface area contributed by atoms with E-state index < -0.39 is 22.8 Å². The van der Waals surface area contributed by atoms with Gasteiger partial charge < -0.3 is 20.1 Å². The Balaban J connectivity index is 2.39. The molecule has 2 unspecified atom stereocenters. The van der Waals surface area contributed by atoms with Crippen molar-refractivity contribution < 1.29 is 19.1 Å². The zero-order valence-electron chi connectivity index (χ0n) is 17.8. The minimum atomic E-state index is -0.855. The molecule has 0 spiro atoms. The Kier molecular flexibility index (Phi) is 5.07. The number of nitrogens with zero attached hydrogens (tertiary/aromatic N) is 1. The topological polar surface area (TPSA) is 81.9 Å². The van der Waals surface area contributed by atoms with Crippen LogP contribution in [0.1, 0.15) is 38.8 Å². The van der Waals surface area contributed by atoms with E-state index in [0.29, 0.717) is 5.75 Å². The molecule has 2 amide bonds. The van der Waals surface area contributed by atoms with Gasteiger partial charge in [0.15, 0.2) is 0 Å². The van der Waals surface area contributed by atoms with Gasteiger partial charge in [0.1, 0.15) is 11.5 Å². The highest BCUT2D eigenvalue weighted by atomic mass is 16.5. The van der Waals surface area contributed by atoms with Crippen LogP contribution >= 0.6 is 0 Å². The van der Waals surface area contributed by atoms with Crippen LogP contribution in [0.4, 0.5) is 5.69 Å². The smallest absolute Gasteiger partial charge is 0.224 e. The first-order valence-corrected chi connectivity index (χ1v) is 9.52. The fourth-order valence-corrected chi connectivity index (χ4v) is 5.03. The lowest BCUT2D eigenvalue weighted by atomic mass is 9.57. The fraction of sp³-hybridized carbons (Fsp3) is 0.391. The van der Waals surface area contributed by atoms with Gasteiger partial charge in [-0.3, -0.25) is 9.59 Å². The molecule has 2 N–H and O–H groups in total. The summed E-state index contributed by atoms with van der Waals surface area (Å²) in [5.41, 5.74) is 6.84. The Bertz CT molecular complexity index is 952. The standard InChI is InChI=1S/C23H28N2O4/c1-14(26)25-19-13-17(29-6)11-12-18(19)23(4,20(21(24)27)22(25,2)3)15-7-9-16(28-5)10-8-15/h7-13,20H,1-6H3,(H2,24,27). The van der Waals surface area contributed by atoms with E-state index in [2.05, 4.69) is 0 Å². The van der Waals surface area contributed by atoms with Gasteiger partial charge in [-0.15, -0.1) is 0 Å². The Morgan fingerprint density at radius 3 is 2.00 bits per heavy atom. The molecule has 0 saturated carbocycles. The molecule has 29 heavy (non-hydrogen) atoms. The maximum Gasteiger partial charge on any atom is 0.224 e. The molecular formula is C23H28N2O4. The van der Waals surface area contributed by atoms with E-state index in [1.54, 1.807) is 19.1 Å². The monoisotopic (exact) mass is 396 g/mol. The van der Waals surface area contributed by atoms with Crippen LogP contribution in [0.5, 0.6) is 11.5 Å². The van der Waals surface area contributed by atoms with E-state index in [1.807, 2.05) is 63.2 Å². The number of hydrogen-bond donors (Lipinski definition) is 1. The quantitative estimate of drug-likeness (QED) is 0.860. The van der Waals surface area contributed by atoms with E-state index in [4.69, 9.17) is 15.2 Å². The number of anilines is 1. The summed E-state index contributed by atoms with van der Waals surface area (Å²) in [6.07, 6.45) is 0. The zero-order chi connectivity index (χ0) is 21.6. The Morgan fingerprint density at radius 1 is 0.966 bits per heavy atom. The average Bonchev–Trinajstić information content (AvgIpc) is 2.66. The summed E-state index contributed by atoms with van der Waals surface area (Å²) in [5, 5.41) is 0. The van der Waals surface area contributed by atoms with Crippen LogP contribution in [0, 0.1) is 5.92 Å². The summed E-state index contributed by atoms with van der Waals surface area (Å²) >= 11 is 0. The highest BCUT2D eigenvalue weighted by molar-refractivity contribution is 5.98. The van der Waals surface area contributed by atoms with Crippen molar-refractivity contribution in [2.75, 3.05) is 19.1 Å². The number of benzene rings is 2. The summed E-state index contributed by atoms with van der Waals surface area (Å²) in [6.45, 7) is 7.27. The van der Waals surface area contributed by atoms with E-state index in [9.17, 15) is 9.59 Å². The number of amides is 2. The first-order chi connectivity index (χ1) is 13.6. The van der Waals surface area contributed by atoms with Crippen LogP contribution in [0.2, 0.25) is 0 Å². The Labute approximate surface area is 171 Å². The van der Waals surface area contributed by atoms with Crippen molar-refractivity contribution >= 4 is 17.5 Å². The first kappa shape index (κ1) is 20.7. The largest absolute Gasteiger partial charge is 0.497 e. The molecule has 1 aliphatic rings. The van der Waals surface area contributed by atoms with E-state index in [1.165, 1.54) is 6.92 Å². The molecule has 0 aliphatic carbocycles. The molecule has 154 valence electrons. The number of carbonyl (C=O) groups excluding carboxylic acids is 2. The van der Waals surface area contributed by atoms with Gasteiger partial charge in [-0.2, -0.15) is 0 Å². The van der Waals surface area contributed by atoms with Crippen molar-refractivity contribution in [1.29, 1.82) is 0 Å². The Morgan fingerprint density at radius 2 is 1.52 bits per heavy atom. The molecule has 0 saturated heterocycles. The number of primary amides is 1. The molecule has 2 atom stereocenters. The maximum absolute atomic E-state index is 12.8. The van der Waals surface area contributed by atoms with Crippen molar-refractivity contribution in [3.05, 3.63) is 53.6 Å². The van der Waals surface area contributed by atoms with Crippen LogP contribution in [0.15, 0.2) is 42.5 Å². The van der Waals surface area contributed by atoms with Gasteiger partial charge in [-0.25, -0.2) is 0 Å². The minimum Gasteiger partial charge on any atom is -0.497 e. The lowest BCUT2D eigenvalue weighted by molar-refractivity contribution is -0.127. The summed E-state index contributed by atoms with van der Waals surface area (Å²) in [7, 11) is 3.20. The molecule has 6 heteroatoms. The van der Waals surface area contributed by atoms with Crippen molar-refractivity contribution in [1.82, 2.24) is 0 Å². The normalized spacial score (nSPS) is 22.6. The molecular weight excluding hydrogens is 368 g/mol. The number of hydrogen-bond acceptors (Lipinski definition) is 4. The number of ether oxygens (including phenoxy) is 2. The molecule has 0 fully saturated rings. The third-order valence-electron chi connectivity index (χ3n) is 6.15. The maximum atomic E-state index is 12.8. The van der Waals surface area contributed by atoms with Crippen LogP contribution in [0.25, 0.3) is 0 Å². The van der Waals surface area contributed by atoms with E-state index in [0.717, 1.165) is 22.6 Å². The lowest BCUT2D eigenvalue weighted by Gasteiger charge is -2.55. The summed E-state index contributed by atoms with van der Waals surface area (Å²) < 4.78 is 10.7. The number of methoxy groups -OCH3 is 2. The highest BCUT2D eigenvalue weighted by Gasteiger charge is 2.57. The first-order valence-electron chi connectivity index (χ1n) is 9.52. The van der Waals surface area contributed by atoms with Gasteiger partial charge >= 0.3 is 0 Å². The van der Waals surface area contributed by atoms with Crippen molar-refractivity contribution in [3.8, 4) is 11.5 Å². The molecule has 2 aromatic carbocycles. The van der Waals surface area contributed by atoms with Gasteiger partial charge in [-0.1, -0.05) is 25.1 Å². The molecule has 1 heterocycles. The Hall–Kier alpha value is -3.02. The molecule has 1 aliphatic heterocycles. The van der Waals surface area contributed by atoms with Crippen LogP contribution in [-0.2, 0) is 15.0 Å². The summed E-state index contributed by atoms with van der Waals surface area (Å²) in [6, 6.07) is 13.2. The predicted molar refractivity (Wildman–Crippen MR) is 112 cm³/mol. The van der Waals surface area contributed by atoms with Gasteiger partial charge in [0, 0.05) is 18.4 Å². The molecule has 3 rings (SSSR count). The second kappa shape index (κ2) is 7.10. The molecule has 6 nitrogen and oxygen atoms in total. The number of rotatable bonds is 4. The van der Waals surface area contributed by atoms with Crippen LogP contribution in [-0.4, -0.2) is 31.6 Å². The van der Waals surface area contributed by atoms with E-state index >= 15 is 0 Å². The lowest BCUT2D eigenvalue weighted by Crippen LogP contribution is -2.65. The third kappa shape index (κ3) is 3.03. The minimum absolute atomic E-state index is 0.160. The van der Waals surface area contributed by atoms with Gasteiger partial charge in [0.05, 0.1) is 31.4 Å². The predicted octanol–water partition coefficient (Wildman–Crippen LogP) is 3.26. The second-order valence-electron chi connectivity index (χ2n) is 8.16. The van der Waals surface area contributed by atoms with Gasteiger partial charge in [0.2, 0.25) is 11.8 Å². The summed E-state index contributed by atoms with van der Waals surface area (Å²) in [5.74, 6) is 0.0885. The van der Waals surface area contributed by atoms with Crippen LogP contribution < -0.4 is 20.1 Å². The summed E-state index contributed by atoms with van der Waals surface area (Å²) in [4.78, 5) is 27.2. The second-order valence-corrected chi connectivity index (χ2v) is 8.16. The molecule has 0 radical (unpaired) electrons. The number of fused-ring (bicyclic) bond motifs is 1. The third-order valence-corrected chi connectivity index (χ3v) is 6.15. The SMILES string of the molecule is COc1ccc(C2(C)c3ccc(OC)cc3N(C(C)=O)C(C)(C)C2C(N)=O)cc1.